The summed E-state index contributed by atoms with van der Waals surface area (Å²) in [7, 11) is 0. The molecule has 1 amide bonds. The first kappa shape index (κ1) is 28.2. The average Bonchev–Trinajstić information content (AvgIpc) is 3.20. The van der Waals surface area contributed by atoms with Crippen molar-refractivity contribution in [2.45, 2.75) is 90.2 Å². The number of hydrogen-bond donors (Lipinski definition) is 3. The number of nitrogens with zero attached hydrogens (tertiary/aromatic N) is 1. The molecule has 0 fully saturated rings. The van der Waals surface area contributed by atoms with Crippen LogP contribution in [-0.4, -0.2) is 32.7 Å². The van der Waals surface area contributed by atoms with Gasteiger partial charge in [0.25, 0.3) is 0 Å². The Morgan fingerprint density at radius 1 is 1.33 bits per heavy atom. The van der Waals surface area contributed by atoms with Gasteiger partial charge in [-0.25, -0.2) is 9.78 Å². The Labute approximate surface area is 221 Å². The fourth-order valence-corrected chi connectivity index (χ4v) is 6.28. The van der Waals surface area contributed by atoms with Crippen molar-refractivity contribution in [3.8, 4) is 0 Å². The van der Waals surface area contributed by atoms with E-state index in [0.29, 0.717) is 18.0 Å². The standard InChI is InChI=1S/C27H36N2O5S2/c1-15(2)27(9-8-19-14-35-25(29-19)28-17(4)31)12-21(32)23(24(33)34-27)36-22-10-16(3)18(13-30)11-20(22)26(5,6)7/h10-11,14-15,30,32H,8-9,12-13H2,1-7H3,(H,28,29,31). The molecule has 1 aliphatic heterocycles. The van der Waals surface area contributed by atoms with Gasteiger partial charge in [-0.2, -0.15) is 0 Å². The predicted octanol–water partition coefficient (Wildman–Crippen LogP) is 6.04. The van der Waals surface area contributed by atoms with Crippen molar-refractivity contribution in [2.24, 2.45) is 5.92 Å². The number of carbonyl (C=O) groups excluding carboxylic acids is 2. The van der Waals surface area contributed by atoms with Crippen LogP contribution >= 0.6 is 23.1 Å². The maximum Gasteiger partial charge on any atom is 0.349 e. The number of rotatable bonds is 8. The van der Waals surface area contributed by atoms with Crippen molar-refractivity contribution in [1.29, 1.82) is 0 Å². The minimum absolute atomic E-state index is 0.0279. The smallest absolute Gasteiger partial charge is 0.349 e. The molecule has 9 heteroatoms. The summed E-state index contributed by atoms with van der Waals surface area (Å²) < 4.78 is 6.07. The summed E-state index contributed by atoms with van der Waals surface area (Å²) in [6.45, 7) is 13.5. The van der Waals surface area contributed by atoms with Crippen LogP contribution in [0.15, 0.2) is 33.1 Å². The number of ether oxygens (including phenoxy) is 1. The summed E-state index contributed by atoms with van der Waals surface area (Å²) in [6.07, 6.45) is 1.27. The van der Waals surface area contributed by atoms with E-state index in [-0.39, 0.29) is 40.9 Å². The minimum atomic E-state index is -0.855. The lowest BCUT2D eigenvalue weighted by atomic mass is 9.80. The first-order chi connectivity index (χ1) is 16.8. The van der Waals surface area contributed by atoms with Gasteiger partial charge in [0.15, 0.2) is 5.13 Å². The average molecular weight is 533 g/mol. The van der Waals surface area contributed by atoms with E-state index in [1.54, 1.807) is 0 Å². The van der Waals surface area contributed by atoms with E-state index in [1.807, 2.05) is 38.3 Å². The lowest BCUT2D eigenvalue weighted by Gasteiger charge is -2.40. The van der Waals surface area contributed by atoms with Gasteiger partial charge in [-0.15, -0.1) is 11.3 Å². The number of anilines is 1. The molecular weight excluding hydrogens is 496 g/mol. The molecule has 1 aromatic heterocycles. The fraction of sp³-hybridized carbons (Fsp3) is 0.519. The van der Waals surface area contributed by atoms with E-state index >= 15 is 0 Å². The molecule has 0 spiro atoms. The van der Waals surface area contributed by atoms with E-state index < -0.39 is 11.6 Å². The highest BCUT2D eigenvalue weighted by molar-refractivity contribution is 8.04. The maximum absolute atomic E-state index is 13.3. The van der Waals surface area contributed by atoms with Crippen molar-refractivity contribution in [3.63, 3.8) is 0 Å². The van der Waals surface area contributed by atoms with Crippen molar-refractivity contribution in [3.05, 3.63) is 50.6 Å². The van der Waals surface area contributed by atoms with Gasteiger partial charge in [0.1, 0.15) is 16.3 Å². The molecule has 2 aromatic rings. The number of hydrogen-bond acceptors (Lipinski definition) is 8. The van der Waals surface area contributed by atoms with Gasteiger partial charge < -0.3 is 20.3 Å². The predicted molar refractivity (Wildman–Crippen MR) is 144 cm³/mol. The molecular formula is C27H36N2O5S2. The minimum Gasteiger partial charge on any atom is -0.511 e. The number of aromatic nitrogens is 1. The SMILES string of the molecule is CC(=O)Nc1nc(CCC2(C(C)C)CC(O)=C(Sc3cc(C)c(CO)cc3C(C)(C)C)C(=O)O2)cs1. The Kier molecular flexibility index (Phi) is 8.58. The summed E-state index contributed by atoms with van der Waals surface area (Å²) in [5.74, 6) is -0.698. The number of benzene rings is 1. The monoisotopic (exact) mass is 532 g/mol. The van der Waals surface area contributed by atoms with E-state index in [2.05, 4.69) is 31.1 Å². The third kappa shape index (κ3) is 6.30. The highest BCUT2D eigenvalue weighted by Crippen LogP contribution is 2.45. The van der Waals surface area contributed by atoms with Crippen LogP contribution in [0.3, 0.4) is 0 Å². The second-order valence-electron chi connectivity index (χ2n) is 10.7. The van der Waals surface area contributed by atoms with Gasteiger partial charge >= 0.3 is 5.97 Å². The number of aryl methyl sites for hydroxylation is 2. The lowest BCUT2D eigenvalue weighted by Crippen LogP contribution is -2.44. The Morgan fingerprint density at radius 2 is 2.03 bits per heavy atom. The number of carbonyl (C=O) groups is 2. The van der Waals surface area contributed by atoms with Crippen LogP contribution < -0.4 is 5.32 Å². The van der Waals surface area contributed by atoms with Gasteiger partial charge in [0.2, 0.25) is 5.91 Å². The van der Waals surface area contributed by atoms with Crippen molar-refractivity contribution in [1.82, 2.24) is 4.98 Å². The quantitative estimate of drug-likeness (QED) is 0.356. The molecule has 1 unspecified atom stereocenters. The van der Waals surface area contributed by atoms with Crippen LogP contribution in [-0.2, 0) is 32.8 Å². The van der Waals surface area contributed by atoms with Gasteiger partial charge in [-0.3, -0.25) is 4.79 Å². The topological polar surface area (TPSA) is 109 Å². The molecule has 1 atom stereocenters. The summed E-state index contributed by atoms with van der Waals surface area (Å²) in [5.41, 5.74) is 2.49. The number of aliphatic hydroxyl groups is 2. The number of amides is 1. The first-order valence-electron chi connectivity index (χ1n) is 12.1. The Hall–Kier alpha value is -2.36. The third-order valence-corrected chi connectivity index (χ3v) is 8.50. The van der Waals surface area contributed by atoms with Gasteiger partial charge in [0, 0.05) is 23.6 Å². The molecule has 0 aliphatic carbocycles. The number of cyclic esters (lactones) is 1. The molecule has 3 N–H and O–H groups in total. The molecule has 2 heterocycles. The summed E-state index contributed by atoms with van der Waals surface area (Å²) in [4.78, 5) is 30.1. The molecule has 36 heavy (non-hydrogen) atoms. The van der Waals surface area contributed by atoms with Gasteiger partial charge in [-0.1, -0.05) is 52.4 Å². The molecule has 3 rings (SSSR count). The largest absolute Gasteiger partial charge is 0.511 e. The van der Waals surface area contributed by atoms with Crippen LogP contribution in [0.2, 0.25) is 0 Å². The molecule has 1 aliphatic rings. The Morgan fingerprint density at radius 3 is 2.58 bits per heavy atom. The normalized spacial score (nSPS) is 18.5. The molecule has 0 radical (unpaired) electrons. The summed E-state index contributed by atoms with van der Waals surface area (Å²) >= 11 is 2.58. The lowest BCUT2D eigenvalue weighted by molar-refractivity contribution is -0.164. The molecule has 0 saturated carbocycles. The summed E-state index contributed by atoms with van der Waals surface area (Å²) in [6, 6.07) is 3.94. The zero-order valence-corrected chi connectivity index (χ0v) is 23.7. The maximum atomic E-state index is 13.3. The second kappa shape index (κ2) is 10.9. The zero-order valence-electron chi connectivity index (χ0n) is 22.0. The van der Waals surface area contributed by atoms with Crippen LogP contribution in [0, 0.1) is 12.8 Å². The second-order valence-corrected chi connectivity index (χ2v) is 12.6. The van der Waals surface area contributed by atoms with E-state index in [1.165, 1.54) is 30.0 Å². The molecule has 196 valence electrons. The Bertz CT molecular complexity index is 1180. The van der Waals surface area contributed by atoms with Crippen LogP contribution in [0.1, 0.15) is 76.8 Å². The molecule has 0 saturated heterocycles. The molecule has 7 nitrogen and oxygen atoms in total. The zero-order chi connectivity index (χ0) is 26.8. The van der Waals surface area contributed by atoms with Crippen molar-refractivity contribution < 1.29 is 24.5 Å². The number of thioether (sulfide) groups is 1. The molecule has 0 bridgehead atoms. The van der Waals surface area contributed by atoms with Gasteiger partial charge in [-0.05, 0) is 53.9 Å². The highest BCUT2D eigenvalue weighted by atomic mass is 32.2. The highest BCUT2D eigenvalue weighted by Gasteiger charge is 2.44. The van der Waals surface area contributed by atoms with E-state index in [4.69, 9.17) is 4.74 Å². The van der Waals surface area contributed by atoms with Crippen molar-refractivity contribution >= 4 is 40.1 Å². The molecule has 1 aromatic carbocycles. The number of aliphatic hydroxyl groups excluding tert-OH is 2. The Balaban J connectivity index is 1.87. The van der Waals surface area contributed by atoms with Gasteiger partial charge in [0.05, 0.1) is 12.3 Å². The van der Waals surface area contributed by atoms with Crippen molar-refractivity contribution in [2.75, 3.05) is 5.32 Å². The third-order valence-electron chi connectivity index (χ3n) is 6.53. The van der Waals surface area contributed by atoms with Crippen LogP contribution in [0.4, 0.5) is 5.13 Å². The van der Waals surface area contributed by atoms with Crippen LogP contribution in [0.5, 0.6) is 0 Å². The number of nitrogens with one attached hydrogen (secondary N) is 1. The number of esters is 1. The van der Waals surface area contributed by atoms with E-state index in [0.717, 1.165) is 27.3 Å². The number of thiazole rings is 1. The summed E-state index contributed by atoms with van der Waals surface area (Å²) in [5, 5.41) is 25.9. The van der Waals surface area contributed by atoms with E-state index in [9.17, 15) is 19.8 Å². The first-order valence-corrected chi connectivity index (χ1v) is 13.8. The van der Waals surface area contributed by atoms with Crippen LogP contribution in [0.25, 0.3) is 0 Å². The fourth-order valence-electron chi connectivity index (χ4n) is 4.25.